The molecule has 0 fully saturated rings. The van der Waals surface area contributed by atoms with Crippen molar-refractivity contribution in [2.45, 2.75) is 25.9 Å². The third-order valence-electron chi connectivity index (χ3n) is 2.77. The van der Waals surface area contributed by atoms with E-state index >= 15 is 0 Å². The van der Waals surface area contributed by atoms with Gasteiger partial charge in [-0.05, 0) is 12.5 Å². The van der Waals surface area contributed by atoms with E-state index in [0.717, 1.165) is 0 Å². The molecule has 0 saturated carbocycles. The van der Waals surface area contributed by atoms with Gasteiger partial charge in [-0.2, -0.15) is 0 Å². The van der Waals surface area contributed by atoms with E-state index < -0.39 is 27.9 Å². The van der Waals surface area contributed by atoms with Crippen LogP contribution in [0.2, 0.25) is 0 Å². The molecule has 106 valence electrons. The summed E-state index contributed by atoms with van der Waals surface area (Å²) in [6.07, 6.45) is 0. The Morgan fingerprint density at radius 1 is 1.32 bits per heavy atom. The number of hydrogen-bond donors (Lipinski definition) is 2. The number of nitrogens with one attached hydrogen (secondary N) is 1. The van der Waals surface area contributed by atoms with Crippen LogP contribution >= 0.6 is 0 Å². The van der Waals surface area contributed by atoms with Crippen LogP contribution in [0, 0.1) is 0 Å². The van der Waals surface area contributed by atoms with E-state index in [1.54, 1.807) is 44.2 Å². The van der Waals surface area contributed by atoms with Gasteiger partial charge < -0.3 is 5.11 Å². The highest BCUT2D eigenvalue weighted by atomic mass is 32.2. The van der Waals surface area contributed by atoms with Crippen LogP contribution in [0.25, 0.3) is 0 Å². The van der Waals surface area contributed by atoms with E-state index in [1.807, 2.05) is 0 Å². The Balaban J connectivity index is 2.78. The second-order valence-corrected chi connectivity index (χ2v) is 6.85. The third kappa shape index (κ3) is 5.00. The summed E-state index contributed by atoms with van der Waals surface area (Å²) >= 11 is 0. The molecule has 0 saturated heterocycles. The Kier molecular flexibility index (Phi) is 5.50. The van der Waals surface area contributed by atoms with E-state index in [4.69, 9.17) is 0 Å². The summed E-state index contributed by atoms with van der Waals surface area (Å²) in [5, 5.41) is 12.1. The van der Waals surface area contributed by atoms with Crippen LogP contribution in [0.3, 0.4) is 0 Å². The fourth-order valence-corrected chi connectivity index (χ4v) is 2.88. The minimum atomic E-state index is -3.13. The van der Waals surface area contributed by atoms with Crippen molar-refractivity contribution in [3.8, 4) is 0 Å². The normalized spacial score (nSPS) is 14.8. The number of rotatable bonds is 7. The topological polar surface area (TPSA) is 83.5 Å². The van der Waals surface area contributed by atoms with Gasteiger partial charge in [-0.15, -0.1) is 0 Å². The lowest BCUT2D eigenvalue weighted by atomic mass is 10.1. The van der Waals surface area contributed by atoms with Gasteiger partial charge in [-0.1, -0.05) is 37.3 Å². The molecule has 2 atom stereocenters. The predicted octanol–water partition coefficient (Wildman–Crippen LogP) is 1.23. The number of hydrogen-bond acceptors (Lipinski definition) is 4. The standard InChI is InChI=1S/C13H19NO4S/c1-3-19(17,18)9-10(2)14-12(13(15)16)11-7-5-4-6-8-11/h4-8,10,12,14H,3,9H2,1-2H3,(H,15,16). The average Bonchev–Trinajstić information content (AvgIpc) is 2.36. The zero-order valence-corrected chi connectivity index (χ0v) is 11.9. The smallest absolute Gasteiger partial charge is 0.325 e. The highest BCUT2D eigenvalue weighted by molar-refractivity contribution is 7.91. The lowest BCUT2D eigenvalue weighted by Gasteiger charge is -2.20. The lowest BCUT2D eigenvalue weighted by molar-refractivity contribution is -0.139. The first-order valence-corrected chi connectivity index (χ1v) is 7.92. The molecule has 0 aliphatic heterocycles. The molecule has 1 rings (SSSR count). The Bertz CT molecular complexity index is 513. The molecule has 0 radical (unpaired) electrons. The summed E-state index contributed by atoms with van der Waals surface area (Å²) in [7, 11) is -3.13. The van der Waals surface area contributed by atoms with Crippen LogP contribution in [0.4, 0.5) is 0 Å². The third-order valence-corrected chi connectivity index (χ3v) is 4.66. The van der Waals surface area contributed by atoms with Crippen LogP contribution in [0.15, 0.2) is 30.3 Å². The van der Waals surface area contributed by atoms with Gasteiger partial charge in [0.05, 0.1) is 5.75 Å². The van der Waals surface area contributed by atoms with Gasteiger partial charge in [0.25, 0.3) is 0 Å². The summed E-state index contributed by atoms with van der Waals surface area (Å²) in [6.45, 7) is 3.25. The zero-order valence-electron chi connectivity index (χ0n) is 11.0. The molecule has 19 heavy (non-hydrogen) atoms. The Hall–Kier alpha value is -1.40. The zero-order chi connectivity index (χ0) is 14.5. The summed E-state index contributed by atoms with van der Waals surface area (Å²) in [5.41, 5.74) is 0.607. The van der Waals surface area contributed by atoms with Crippen molar-refractivity contribution in [3.05, 3.63) is 35.9 Å². The van der Waals surface area contributed by atoms with Crippen molar-refractivity contribution in [1.82, 2.24) is 5.32 Å². The highest BCUT2D eigenvalue weighted by Crippen LogP contribution is 2.14. The second kappa shape index (κ2) is 6.68. The van der Waals surface area contributed by atoms with E-state index in [1.165, 1.54) is 0 Å². The average molecular weight is 285 g/mol. The van der Waals surface area contributed by atoms with Crippen LogP contribution in [0.1, 0.15) is 25.5 Å². The van der Waals surface area contributed by atoms with Crippen molar-refractivity contribution in [1.29, 1.82) is 0 Å². The molecule has 0 heterocycles. The van der Waals surface area contributed by atoms with Crippen molar-refractivity contribution < 1.29 is 18.3 Å². The van der Waals surface area contributed by atoms with Gasteiger partial charge in [0.2, 0.25) is 0 Å². The molecule has 0 spiro atoms. The van der Waals surface area contributed by atoms with Gasteiger partial charge >= 0.3 is 5.97 Å². The van der Waals surface area contributed by atoms with E-state index in [-0.39, 0.29) is 11.5 Å². The molecule has 0 aliphatic carbocycles. The monoisotopic (exact) mass is 285 g/mol. The Morgan fingerprint density at radius 3 is 2.37 bits per heavy atom. The number of carboxylic acids is 1. The number of carboxylic acid groups (broad SMARTS) is 1. The van der Waals surface area contributed by atoms with Gasteiger partial charge in [0.15, 0.2) is 9.84 Å². The molecule has 0 bridgehead atoms. The van der Waals surface area contributed by atoms with E-state index in [2.05, 4.69) is 5.32 Å². The number of carbonyl (C=O) groups is 1. The number of sulfone groups is 1. The first-order chi connectivity index (χ1) is 8.85. The molecule has 0 aromatic heterocycles. The van der Waals surface area contributed by atoms with Crippen LogP contribution in [-0.4, -0.2) is 37.0 Å². The summed E-state index contributed by atoms with van der Waals surface area (Å²) in [4.78, 5) is 11.3. The number of benzene rings is 1. The lowest BCUT2D eigenvalue weighted by Crippen LogP contribution is -2.39. The van der Waals surface area contributed by atoms with Crippen LogP contribution in [0.5, 0.6) is 0 Å². The summed E-state index contributed by atoms with van der Waals surface area (Å²) in [5.74, 6) is -1.03. The molecular weight excluding hydrogens is 266 g/mol. The predicted molar refractivity (Wildman–Crippen MR) is 73.7 cm³/mol. The van der Waals surface area contributed by atoms with Gasteiger partial charge in [-0.3, -0.25) is 10.1 Å². The van der Waals surface area contributed by atoms with E-state index in [0.29, 0.717) is 5.56 Å². The van der Waals surface area contributed by atoms with Gasteiger partial charge in [-0.25, -0.2) is 8.42 Å². The molecule has 2 unspecified atom stereocenters. The minimum Gasteiger partial charge on any atom is -0.480 e. The molecule has 0 aliphatic rings. The van der Waals surface area contributed by atoms with Crippen LogP contribution in [-0.2, 0) is 14.6 Å². The highest BCUT2D eigenvalue weighted by Gasteiger charge is 2.23. The molecule has 2 N–H and O–H groups in total. The molecule has 1 aromatic rings. The summed E-state index contributed by atoms with van der Waals surface area (Å²) in [6, 6.07) is 7.38. The Labute approximate surface area is 113 Å². The molecule has 5 nitrogen and oxygen atoms in total. The quantitative estimate of drug-likeness (QED) is 0.787. The van der Waals surface area contributed by atoms with Crippen molar-refractivity contribution in [2.24, 2.45) is 0 Å². The van der Waals surface area contributed by atoms with Crippen molar-refractivity contribution in [2.75, 3.05) is 11.5 Å². The minimum absolute atomic E-state index is 0.0576. The fraction of sp³-hybridized carbons (Fsp3) is 0.462. The summed E-state index contributed by atoms with van der Waals surface area (Å²) < 4.78 is 23.0. The van der Waals surface area contributed by atoms with E-state index in [9.17, 15) is 18.3 Å². The molecule has 0 amide bonds. The fourth-order valence-electron chi connectivity index (χ4n) is 1.79. The maximum absolute atomic E-state index is 11.5. The first kappa shape index (κ1) is 15.7. The first-order valence-electron chi connectivity index (χ1n) is 6.10. The van der Waals surface area contributed by atoms with Gasteiger partial charge in [0, 0.05) is 11.8 Å². The second-order valence-electron chi connectivity index (χ2n) is 4.45. The largest absolute Gasteiger partial charge is 0.480 e. The van der Waals surface area contributed by atoms with Crippen molar-refractivity contribution >= 4 is 15.8 Å². The van der Waals surface area contributed by atoms with Crippen molar-refractivity contribution in [3.63, 3.8) is 0 Å². The molecule has 6 heteroatoms. The molecular formula is C13H19NO4S. The SMILES string of the molecule is CCS(=O)(=O)CC(C)NC(C(=O)O)c1ccccc1. The van der Waals surface area contributed by atoms with Crippen LogP contribution < -0.4 is 5.32 Å². The Morgan fingerprint density at radius 2 is 1.89 bits per heavy atom. The maximum atomic E-state index is 11.5. The molecule has 1 aromatic carbocycles. The maximum Gasteiger partial charge on any atom is 0.325 e. The van der Waals surface area contributed by atoms with Gasteiger partial charge in [0.1, 0.15) is 6.04 Å². The number of aliphatic carboxylic acids is 1.